The highest BCUT2D eigenvalue weighted by Crippen LogP contribution is 2.09. The zero-order chi connectivity index (χ0) is 16.2. The number of anilines is 1. The van der Waals surface area contributed by atoms with Crippen molar-refractivity contribution in [1.82, 2.24) is 25.0 Å². The zero-order valence-corrected chi connectivity index (χ0v) is 14.0. The van der Waals surface area contributed by atoms with E-state index in [4.69, 9.17) is 0 Å². The number of hydrazine groups is 1. The van der Waals surface area contributed by atoms with E-state index in [1.807, 2.05) is 36.5 Å². The van der Waals surface area contributed by atoms with Crippen LogP contribution in [-0.2, 0) is 6.67 Å². The van der Waals surface area contributed by atoms with Crippen LogP contribution in [0.4, 0.5) is 5.69 Å². The van der Waals surface area contributed by atoms with Gasteiger partial charge in [0.1, 0.15) is 6.67 Å². The standard InChI is InChI=1S/C15H15BrN6O/c1-20(13-5-3-2-4-6-13)19-15(23)14-7-8-21(18-14)11-22-10-12(16)9-17-22/h2-10H,11H2,1H3,(H,19,23). The van der Waals surface area contributed by atoms with E-state index in [0.717, 1.165) is 10.2 Å². The van der Waals surface area contributed by atoms with E-state index in [1.165, 1.54) is 0 Å². The van der Waals surface area contributed by atoms with Gasteiger partial charge in [0.2, 0.25) is 0 Å². The topological polar surface area (TPSA) is 68.0 Å². The number of hydrogen-bond donors (Lipinski definition) is 1. The summed E-state index contributed by atoms with van der Waals surface area (Å²) < 4.78 is 4.26. The maximum atomic E-state index is 12.2. The molecule has 0 aliphatic rings. The Labute approximate surface area is 141 Å². The number of amides is 1. The Bertz CT molecular complexity index is 797. The number of carbonyl (C=O) groups is 1. The molecule has 0 spiro atoms. The third-order valence-electron chi connectivity index (χ3n) is 3.18. The largest absolute Gasteiger partial charge is 0.290 e. The number of rotatable bonds is 5. The fourth-order valence-electron chi connectivity index (χ4n) is 2.05. The van der Waals surface area contributed by atoms with Gasteiger partial charge >= 0.3 is 0 Å². The fraction of sp³-hybridized carbons (Fsp3) is 0.133. The lowest BCUT2D eigenvalue weighted by Crippen LogP contribution is -2.39. The van der Waals surface area contributed by atoms with Gasteiger partial charge in [-0.1, -0.05) is 18.2 Å². The Kier molecular flexibility index (Phi) is 4.42. The molecule has 118 valence electrons. The maximum Gasteiger partial charge on any atom is 0.290 e. The van der Waals surface area contributed by atoms with E-state index in [1.54, 1.807) is 39.9 Å². The second kappa shape index (κ2) is 6.66. The Morgan fingerprint density at radius 2 is 2.04 bits per heavy atom. The number of benzene rings is 1. The van der Waals surface area contributed by atoms with E-state index in [2.05, 4.69) is 31.6 Å². The highest BCUT2D eigenvalue weighted by atomic mass is 79.9. The van der Waals surface area contributed by atoms with Crippen LogP contribution in [0.1, 0.15) is 10.5 Å². The Morgan fingerprint density at radius 1 is 1.26 bits per heavy atom. The molecule has 1 N–H and O–H groups in total. The van der Waals surface area contributed by atoms with Crippen molar-refractivity contribution in [3.8, 4) is 0 Å². The maximum absolute atomic E-state index is 12.2. The number of halogens is 1. The number of para-hydroxylation sites is 1. The predicted molar refractivity (Wildman–Crippen MR) is 89.9 cm³/mol. The first kappa shape index (κ1) is 15.3. The lowest BCUT2D eigenvalue weighted by atomic mass is 10.3. The van der Waals surface area contributed by atoms with Crippen molar-refractivity contribution in [1.29, 1.82) is 0 Å². The summed E-state index contributed by atoms with van der Waals surface area (Å²) in [6, 6.07) is 11.2. The minimum absolute atomic E-state index is 0.267. The van der Waals surface area contributed by atoms with Gasteiger partial charge in [0.05, 0.1) is 16.4 Å². The van der Waals surface area contributed by atoms with Crippen molar-refractivity contribution in [2.24, 2.45) is 0 Å². The lowest BCUT2D eigenvalue weighted by Gasteiger charge is -2.19. The molecule has 0 saturated carbocycles. The van der Waals surface area contributed by atoms with Crippen LogP contribution < -0.4 is 10.4 Å². The second-order valence-electron chi connectivity index (χ2n) is 4.92. The molecule has 0 saturated heterocycles. The minimum atomic E-state index is -0.267. The second-order valence-corrected chi connectivity index (χ2v) is 5.83. The van der Waals surface area contributed by atoms with Crippen molar-refractivity contribution >= 4 is 27.5 Å². The molecule has 3 aromatic rings. The van der Waals surface area contributed by atoms with Crippen molar-refractivity contribution in [3.05, 3.63) is 65.2 Å². The first-order valence-corrected chi connectivity index (χ1v) is 7.72. The third-order valence-corrected chi connectivity index (χ3v) is 3.59. The van der Waals surface area contributed by atoms with Gasteiger partial charge in [-0.2, -0.15) is 10.2 Å². The quantitative estimate of drug-likeness (QED) is 0.694. The van der Waals surface area contributed by atoms with Gasteiger partial charge < -0.3 is 0 Å². The van der Waals surface area contributed by atoms with Gasteiger partial charge in [-0.25, -0.2) is 4.68 Å². The van der Waals surface area contributed by atoms with E-state index < -0.39 is 0 Å². The summed E-state index contributed by atoms with van der Waals surface area (Å²) >= 11 is 3.34. The van der Waals surface area contributed by atoms with Gasteiger partial charge in [0, 0.05) is 19.4 Å². The van der Waals surface area contributed by atoms with Crippen LogP contribution in [0.3, 0.4) is 0 Å². The first-order chi connectivity index (χ1) is 11.1. The van der Waals surface area contributed by atoms with Crippen LogP contribution in [0, 0.1) is 0 Å². The Hall–Kier alpha value is -2.61. The number of carbonyl (C=O) groups excluding carboxylic acids is 1. The molecule has 0 bridgehead atoms. The van der Waals surface area contributed by atoms with Gasteiger partial charge in [0.15, 0.2) is 5.69 Å². The zero-order valence-electron chi connectivity index (χ0n) is 12.4. The normalized spacial score (nSPS) is 10.5. The highest BCUT2D eigenvalue weighted by molar-refractivity contribution is 9.10. The van der Waals surface area contributed by atoms with Crippen molar-refractivity contribution in [3.63, 3.8) is 0 Å². The van der Waals surface area contributed by atoms with E-state index in [0.29, 0.717) is 12.4 Å². The third kappa shape index (κ3) is 3.78. The SMILES string of the molecule is CN(NC(=O)c1ccn(Cn2cc(Br)cn2)n1)c1ccccc1. The van der Waals surface area contributed by atoms with Gasteiger partial charge in [-0.15, -0.1) is 0 Å². The summed E-state index contributed by atoms with van der Waals surface area (Å²) in [5.74, 6) is -0.267. The number of nitrogens with one attached hydrogen (secondary N) is 1. The fourth-order valence-corrected chi connectivity index (χ4v) is 2.38. The summed E-state index contributed by atoms with van der Waals surface area (Å²) in [4.78, 5) is 12.2. The van der Waals surface area contributed by atoms with Gasteiger partial charge in [-0.3, -0.25) is 19.9 Å². The highest BCUT2D eigenvalue weighted by Gasteiger charge is 2.12. The van der Waals surface area contributed by atoms with E-state index in [9.17, 15) is 4.79 Å². The molecule has 3 rings (SSSR count). The summed E-state index contributed by atoms with van der Waals surface area (Å²) in [6.07, 6.45) is 5.28. The van der Waals surface area contributed by atoms with Crippen LogP contribution in [0.2, 0.25) is 0 Å². The Morgan fingerprint density at radius 3 is 2.74 bits per heavy atom. The molecule has 0 unspecified atom stereocenters. The Balaban J connectivity index is 1.64. The molecule has 23 heavy (non-hydrogen) atoms. The van der Waals surface area contributed by atoms with Crippen molar-refractivity contribution in [2.75, 3.05) is 12.1 Å². The molecule has 7 nitrogen and oxygen atoms in total. The molecule has 2 heterocycles. The first-order valence-electron chi connectivity index (χ1n) is 6.93. The molecule has 1 aromatic carbocycles. The molecule has 1 amide bonds. The molecule has 2 aromatic heterocycles. The average molecular weight is 375 g/mol. The van der Waals surface area contributed by atoms with Crippen molar-refractivity contribution in [2.45, 2.75) is 6.67 Å². The van der Waals surface area contributed by atoms with Crippen LogP contribution >= 0.6 is 15.9 Å². The van der Waals surface area contributed by atoms with Crippen LogP contribution in [0.25, 0.3) is 0 Å². The summed E-state index contributed by atoms with van der Waals surface area (Å²) in [5, 5.41) is 10.1. The number of nitrogens with zero attached hydrogens (tertiary/aromatic N) is 5. The predicted octanol–water partition coefficient (Wildman–Crippen LogP) is 2.13. The smallest absolute Gasteiger partial charge is 0.288 e. The molecule has 0 atom stereocenters. The molecular weight excluding hydrogens is 360 g/mol. The molecule has 8 heteroatoms. The molecular formula is C15H15BrN6O. The molecule has 0 aliphatic carbocycles. The average Bonchev–Trinajstić information content (AvgIpc) is 3.18. The minimum Gasteiger partial charge on any atom is -0.288 e. The number of aromatic nitrogens is 4. The molecule has 0 aliphatic heterocycles. The van der Waals surface area contributed by atoms with E-state index in [-0.39, 0.29) is 5.91 Å². The van der Waals surface area contributed by atoms with Crippen LogP contribution in [0.15, 0.2) is 59.5 Å². The summed E-state index contributed by atoms with van der Waals surface area (Å²) in [6.45, 7) is 0.438. The van der Waals surface area contributed by atoms with Crippen LogP contribution in [-0.4, -0.2) is 32.5 Å². The van der Waals surface area contributed by atoms with E-state index >= 15 is 0 Å². The van der Waals surface area contributed by atoms with Crippen molar-refractivity contribution < 1.29 is 4.79 Å². The number of hydrogen-bond acceptors (Lipinski definition) is 4. The van der Waals surface area contributed by atoms with Gasteiger partial charge in [0.25, 0.3) is 5.91 Å². The summed E-state index contributed by atoms with van der Waals surface area (Å²) in [5.41, 5.74) is 4.02. The van der Waals surface area contributed by atoms with Gasteiger partial charge in [-0.05, 0) is 34.1 Å². The monoisotopic (exact) mass is 374 g/mol. The molecule has 0 radical (unpaired) electrons. The molecule has 0 fully saturated rings. The lowest BCUT2D eigenvalue weighted by molar-refractivity contribution is 0.0945. The van der Waals surface area contributed by atoms with Crippen LogP contribution in [0.5, 0.6) is 0 Å². The summed E-state index contributed by atoms with van der Waals surface area (Å²) in [7, 11) is 1.78.